The summed E-state index contributed by atoms with van der Waals surface area (Å²) in [7, 11) is -3.14. The number of nitrogens with one attached hydrogen (secondary N) is 1. The highest BCUT2D eigenvalue weighted by Crippen LogP contribution is 2.13. The molecule has 0 bridgehead atoms. The monoisotopic (exact) mass is 280 g/mol. The van der Waals surface area contributed by atoms with Crippen molar-refractivity contribution in [2.45, 2.75) is 11.4 Å². The minimum absolute atomic E-state index is 0.317. The Morgan fingerprint density at radius 2 is 2.00 bits per heavy atom. The summed E-state index contributed by atoms with van der Waals surface area (Å²) in [6, 6.07) is 6.66. The van der Waals surface area contributed by atoms with Gasteiger partial charge in [0.1, 0.15) is 0 Å². The molecule has 0 radical (unpaired) electrons. The number of hydrogen-bond acceptors (Lipinski definition) is 5. The van der Waals surface area contributed by atoms with Crippen molar-refractivity contribution >= 4 is 21.2 Å². The van der Waals surface area contributed by atoms with Crippen molar-refractivity contribution in [1.29, 1.82) is 0 Å². The van der Waals surface area contributed by atoms with E-state index in [0.717, 1.165) is 5.69 Å². The number of hydrogen-bond donors (Lipinski definition) is 2. The van der Waals surface area contributed by atoms with Crippen molar-refractivity contribution in [1.82, 2.24) is 9.78 Å². The quantitative estimate of drug-likeness (QED) is 0.852. The number of nitrogens with zero attached hydrogens (tertiary/aromatic N) is 2. The first kappa shape index (κ1) is 13.4. The summed E-state index contributed by atoms with van der Waals surface area (Å²) in [4.78, 5) is 0.317. The van der Waals surface area contributed by atoms with Gasteiger partial charge in [0.2, 0.25) is 0 Å². The van der Waals surface area contributed by atoms with E-state index in [-0.39, 0.29) is 0 Å². The first-order valence-electron chi connectivity index (χ1n) is 5.77. The maximum Gasteiger partial charge on any atom is 0.175 e. The van der Waals surface area contributed by atoms with Gasteiger partial charge in [0.25, 0.3) is 0 Å². The summed E-state index contributed by atoms with van der Waals surface area (Å²) in [6.45, 7) is 1.37. The van der Waals surface area contributed by atoms with E-state index >= 15 is 0 Å². The van der Waals surface area contributed by atoms with Gasteiger partial charge in [-0.3, -0.25) is 4.68 Å². The van der Waals surface area contributed by atoms with Gasteiger partial charge in [-0.05, 0) is 24.3 Å². The van der Waals surface area contributed by atoms with Crippen LogP contribution >= 0.6 is 0 Å². The van der Waals surface area contributed by atoms with Crippen LogP contribution in [0.1, 0.15) is 0 Å². The zero-order valence-corrected chi connectivity index (χ0v) is 11.4. The number of rotatable bonds is 5. The predicted molar refractivity (Wildman–Crippen MR) is 74.7 cm³/mol. The van der Waals surface area contributed by atoms with Crippen LogP contribution in [0, 0.1) is 0 Å². The predicted octanol–water partition coefficient (Wildman–Crippen LogP) is 0.981. The number of nitrogen functional groups attached to an aromatic ring is 1. The van der Waals surface area contributed by atoms with E-state index in [1.807, 2.05) is 0 Å². The number of aromatic nitrogens is 2. The molecule has 0 aliphatic carbocycles. The third-order valence-corrected chi connectivity index (χ3v) is 3.73. The zero-order valence-electron chi connectivity index (χ0n) is 10.6. The van der Waals surface area contributed by atoms with Crippen LogP contribution < -0.4 is 11.1 Å². The highest BCUT2D eigenvalue weighted by Gasteiger charge is 2.05. The van der Waals surface area contributed by atoms with Gasteiger partial charge in [-0.15, -0.1) is 0 Å². The Kier molecular flexibility index (Phi) is 3.75. The molecule has 102 valence electrons. The number of sulfone groups is 1. The summed E-state index contributed by atoms with van der Waals surface area (Å²) in [6.07, 6.45) is 4.55. The van der Waals surface area contributed by atoms with E-state index in [1.165, 1.54) is 6.26 Å². The topological polar surface area (TPSA) is 90.0 Å². The SMILES string of the molecule is CS(=O)(=O)c1ccc(NCCn2cc(N)cn2)cc1. The van der Waals surface area contributed by atoms with Crippen molar-refractivity contribution in [3.05, 3.63) is 36.7 Å². The van der Waals surface area contributed by atoms with Crippen molar-refractivity contribution in [2.24, 2.45) is 0 Å². The molecule has 2 aromatic rings. The first-order chi connectivity index (χ1) is 8.95. The molecular weight excluding hydrogens is 264 g/mol. The fourth-order valence-electron chi connectivity index (χ4n) is 1.64. The van der Waals surface area contributed by atoms with E-state index in [4.69, 9.17) is 5.73 Å². The normalized spacial score (nSPS) is 11.4. The molecular formula is C12H16N4O2S. The molecule has 0 fully saturated rings. The molecule has 0 spiro atoms. The van der Waals surface area contributed by atoms with Gasteiger partial charge in [-0.2, -0.15) is 5.10 Å². The molecule has 3 N–H and O–H groups in total. The average Bonchev–Trinajstić information content (AvgIpc) is 2.75. The molecule has 1 aromatic carbocycles. The Labute approximate surface area is 112 Å². The summed E-state index contributed by atoms with van der Waals surface area (Å²) in [5.74, 6) is 0. The third kappa shape index (κ3) is 3.72. The molecule has 6 nitrogen and oxygen atoms in total. The van der Waals surface area contributed by atoms with E-state index in [2.05, 4.69) is 10.4 Å². The van der Waals surface area contributed by atoms with E-state index in [0.29, 0.717) is 23.7 Å². The maximum absolute atomic E-state index is 11.3. The Balaban J connectivity index is 1.90. The van der Waals surface area contributed by atoms with Crippen molar-refractivity contribution < 1.29 is 8.42 Å². The Hall–Kier alpha value is -2.02. The van der Waals surface area contributed by atoms with Gasteiger partial charge in [0.05, 0.1) is 23.3 Å². The highest BCUT2D eigenvalue weighted by molar-refractivity contribution is 7.90. The molecule has 2 rings (SSSR count). The van der Waals surface area contributed by atoms with E-state index < -0.39 is 9.84 Å². The van der Waals surface area contributed by atoms with Crippen molar-refractivity contribution in [3.63, 3.8) is 0 Å². The van der Waals surface area contributed by atoms with E-state index in [9.17, 15) is 8.42 Å². The van der Waals surface area contributed by atoms with Gasteiger partial charge >= 0.3 is 0 Å². The lowest BCUT2D eigenvalue weighted by molar-refractivity contribution is 0.602. The summed E-state index contributed by atoms with van der Waals surface area (Å²) in [5.41, 5.74) is 7.06. The van der Waals surface area contributed by atoms with Crippen LogP contribution in [-0.4, -0.2) is 31.0 Å². The fraction of sp³-hybridized carbons (Fsp3) is 0.250. The molecule has 0 amide bonds. The van der Waals surface area contributed by atoms with E-state index in [1.54, 1.807) is 41.3 Å². The average molecular weight is 280 g/mol. The fourth-order valence-corrected chi connectivity index (χ4v) is 2.27. The van der Waals surface area contributed by atoms with Crippen molar-refractivity contribution in [2.75, 3.05) is 23.9 Å². The smallest absolute Gasteiger partial charge is 0.175 e. The number of nitrogens with two attached hydrogens (primary N) is 1. The standard InChI is InChI=1S/C12H16N4O2S/c1-19(17,18)12-4-2-11(3-5-12)14-6-7-16-9-10(13)8-15-16/h2-5,8-9,14H,6-7,13H2,1H3. The van der Waals surface area contributed by atoms with Crippen LogP contribution in [0.3, 0.4) is 0 Å². The van der Waals surface area contributed by atoms with Crippen LogP contribution in [-0.2, 0) is 16.4 Å². The molecule has 0 aliphatic heterocycles. The van der Waals surface area contributed by atoms with Crippen LogP contribution in [0.2, 0.25) is 0 Å². The summed E-state index contributed by atoms with van der Waals surface area (Å²) in [5, 5.41) is 7.25. The zero-order chi connectivity index (χ0) is 13.9. The molecule has 0 unspecified atom stereocenters. The van der Waals surface area contributed by atoms with Crippen LogP contribution in [0.25, 0.3) is 0 Å². The maximum atomic E-state index is 11.3. The molecule has 19 heavy (non-hydrogen) atoms. The van der Waals surface area contributed by atoms with Crippen LogP contribution in [0.4, 0.5) is 11.4 Å². The minimum atomic E-state index is -3.14. The van der Waals surface area contributed by atoms with Crippen molar-refractivity contribution in [3.8, 4) is 0 Å². The van der Waals surface area contributed by atoms with Gasteiger partial charge in [-0.25, -0.2) is 8.42 Å². The molecule has 0 saturated heterocycles. The van der Waals surface area contributed by atoms with Crippen LogP contribution in [0.5, 0.6) is 0 Å². The Morgan fingerprint density at radius 3 is 2.53 bits per heavy atom. The highest BCUT2D eigenvalue weighted by atomic mass is 32.2. The van der Waals surface area contributed by atoms with Crippen LogP contribution in [0.15, 0.2) is 41.6 Å². The van der Waals surface area contributed by atoms with Gasteiger partial charge in [-0.1, -0.05) is 0 Å². The van der Waals surface area contributed by atoms with Gasteiger partial charge in [0, 0.05) is 24.7 Å². The molecule has 1 heterocycles. The second-order valence-corrected chi connectivity index (χ2v) is 6.28. The lowest BCUT2D eigenvalue weighted by atomic mass is 10.3. The molecule has 1 aromatic heterocycles. The largest absolute Gasteiger partial charge is 0.396 e. The minimum Gasteiger partial charge on any atom is -0.396 e. The van der Waals surface area contributed by atoms with Gasteiger partial charge in [0.15, 0.2) is 9.84 Å². The lowest BCUT2D eigenvalue weighted by Gasteiger charge is -2.07. The molecule has 7 heteroatoms. The third-order valence-electron chi connectivity index (χ3n) is 2.61. The first-order valence-corrected chi connectivity index (χ1v) is 7.66. The Bertz CT molecular complexity index is 647. The molecule has 0 saturated carbocycles. The van der Waals surface area contributed by atoms with Gasteiger partial charge < -0.3 is 11.1 Å². The molecule has 0 aliphatic rings. The molecule has 0 atom stereocenters. The summed E-state index contributed by atoms with van der Waals surface area (Å²) < 4.78 is 24.3. The number of anilines is 2. The summed E-state index contributed by atoms with van der Waals surface area (Å²) >= 11 is 0. The Morgan fingerprint density at radius 1 is 1.32 bits per heavy atom. The number of benzene rings is 1. The lowest BCUT2D eigenvalue weighted by Crippen LogP contribution is -2.10. The second-order valence-electron chi connectivity index (χ2n) is 4.26. The second kappa shape index (κ2) is 5.31.